The molecule has 0 aliphatic carbocycles. The van der Waals surface area contributed by atoms with Gasteiger partial charge in [0.05, 0.1) is 0 Å². The van der Waals surface area contributed by atoms with E-state index >= 15 is 0 Å². The molecular weight excluding hydrogens is 354 g/mol. The van der Waals surface area contributed by atoms with E-state index in [9.17, 15) is 9.59 Å². The van der Waals surface area contributed by atoms with Gasteiger partial charge in [-0.15, -0.1) is 11.3 Å². The molecule has 0 spiro atoms. The third-order valence-electron chi connectivity index (χ3n) is 4.08. The fourth-order valence-electron chi connectivity index (χ4n) is 2.67. The third kappa shape index (κ3) is 3.99. The van der Waals surface area contributed by atoms with Gasteiger partial charge in [-0.2, -0.15) is 0 Å². The van der Waals surface area contributed by atoms with Crippen LogP contribution >= 0.6 is 11.3 Å². The van der Waals surface area contributed by atoms with Crippen LogP contribution in [-0.4, -0.2) is 49.7 Å². The highest BCUT2D eigenvalue weighted by molar-refractivity contribution is 7.17. The van der Waals surface area contributed by atoms with E-state index in [0.29, 0.717) is 36.9 Å². The molecule has 0 atom stereocenters. The fourth-order valence-corrected chi connectivity index (χ4v) is 3.56. The molecule has 138 valence electrons. The van der Waals surface area contributed by atoms with Gasteiger partial charge in [-0.25, -0.2) is 4.79 Å². The van der Waals surface area contributed by atoms with Crippen molar-refractivity contribution in [2.24, 2.45) is 0 Å². The summed E-state index contributed by atoms with van der Waals surface area (Å²) in [7, 11) is 0. The SMILES string of the molecule is CCN(CC)C(=O)COC(=O)c1ccc(-c2ccc3c(c2)OCCO3)s1. The topological polar surface area (TPSA) is 65.1 Å². The Hall–Kier alpha value is -2.54. The number of thiophene rings is 1. The number of fused-ring (bicyclic) bond motifs is 1. The van der Waals surface area contributed by atoms with Crippen LogP contribution in [0.25, 0.3) is 10.4 Å². The minimum atomic E-state index is -0.487. The lowest BCUT2D eigenvalue weighted by molar-refractivity contribution is -0.134. The summed E-state index contributed by atoms with van der Waals surface area (Å²) in [5, 5.41) is 0. The zero-order chi connectivity index (χ0) is 18.5. The van der Waals surface area contributed by atoms with Gasteiger partial charge in [0, 0.05) is 18.0 Å². The van der Waals surface area contributed by atoms with E-state index in [2.05, 4.69) is 0 Å². The largest absolute Gasteiger partial charge is 0.486 e. The normalized spacial score (nSPS) is 12.5. The summed E-state index contributed by atoms with van der Waals surface area (Å²) in [5.74, 6) is 0.758. The van der Waals surface area contributed by atoms with E-state index in [1.54, 1.807) is 11.0 Å². The second-order valence-corrected chi connectivity index (χ2v) is 6.75. The van der Waals surface area contributed by atoms with Crippen LogP contribution in [0.2, 0.25) is 0 Å². The molecule has 0 N–H and O–H groups in total. The van der Waals surface area contributed by atoms with E-state index < -0.39 is 5.97 Å². The first kappa shape index (κ1) is 18.3. The number of amides is 1. The van der Waals surface area contributed by atoms with Crippen LogP contribution in [0.15, 0.2) is 30.3 Å². The van der Waals surface area contributed by atoms with Gasteiger partial charge in [0.1, 0.15) is 18.1 Å². The molecule has 2 aromatic rings. The van der Waals surface area contributed by atoms with E-state index in [4.69, 9.17) is 14.2 Å². The van der Waals surface area contributed by atoms with Crippen molar-refractivity contribution in [1.82, 2.24) is 4.90 Å². The number of esters is 1. The van der Waals surface area contributed by atoms with Crippen LogP contribution < -0.4 is 9.47 Å². The third-order valence-corrected chi connectivity index (χ3v) is 5.19. The summed E-state index contributed by atoms with van der Waals surface area (Å²) in [6.45, 7) is 5.81. The summed E-state index contributed by atoms with van der Waals surface area (Å²) in [4.78, 5) is 27.1. The number of benzene rings is 1. The predicted molar refractivity (Wildman–Crippen MR) is 99.0 cm³/mol. The van der Waals surface area contributed by atoms with Gasteiger partial charge in [-0.05, 0) is 49.7 Å². The van der Waals surface area contributed by atoms with Crippen molar-refractivity contribution in [3.63, 3.8) is 0 Å². The van der Waals surface area contributed by atoms with Gasteiger partial charge in [-0.3, -0.25) is 4.79 Å². The molecular formula is C19H21NO5S. The first-order valence-electron chi connectivity index (χ1n) is 8.57. The zero-order valence-electron chi connectivity index (χ0n) is 14.8. The van der Waals surface area contributed by atoms with Gasteiger partial charge < -0.3 is 19.1 Å². The van der Waals surface area contributed by atoms with Gasteiger partial charge in [0.25, 0.3) is 5.91 Å². The van der Waals surface area contributed by atoms with Crippen LogP contribution in [0.1, 0.15) is 23.5 Å². The maximum absolute atomic E-state index is 12.2. The quantitative estimate of drug-likeness (QED) is 0.726. The molecule has 3 rings (SSSR count). The second kappa shape index (κ2) is 8.23. The number of ether oxygens (including phenoxy) is 3. The average Bonchev–Trinajstić information content (AvgIpc) is 3.17. The van der Waals surface area contributed by atoms with E-state index in [1.807, 2.05) is 38.1 Å². The molecule has 1 aliphatic heterocycles. The Morgan fingerprint density at radius 1 is 1.08 bits per heavy atom. The predicted octanol–water partition coefficient (Wildman–Crippen LogP) is 3.21. The molecule has 0 radical (unpaired) electrons. The number of likely N-dealkylation sites (N-methyl/N-ethyl adjacent to an activating group) is 1. The maximum Gasteiger partial charge on any atom is 0.348 e. The molecule has 0 fully saturated rings. The molecule has 1 amide bonds. The highest BCUT2D eigenvalue weighted by atomic mass is 32.1. The van der Waals surface area contributed by atoms with Gasteiger partial charge in [0.2, 0.25) is 0 Å². The monoisotopic (exact) mass is 375 g/mol. The summed E-state index contributed by atoms with van der Waals surface area (Å²) in [6, 6.07) is 9.27. The summed E-state index contributed by atoms with van der Waals surface area (Å²) in [5.41, 5.74) is 0.942. The standard InChI is InChI=1S/C19H21NO5S/c1-3-20(4-2)18(21)12-25-19(22)17-8-7-16(26-17)13-5-6-14-15(11-13)24-10-9-23-14/h5-8,11H,3-4,9-10,12H2,1-2H3. The number of rotatable bonds is 6. The molecule has 0 bridgehead atoms. The van der Waals surface area contributed by atoms with Crippen molar-refractivity contribution in [2.75, 3.05) is 32.9 Å². The molecule has 0 saturated heterocycles. The Labute approximate surface area is 156 Å². The molecule has 2 heterocycles. The molecule has 1 aromatic heterocycles. The maximum atomic E-state index is 12.2. The van der Waals surface area contributed by atoms with Crippen LogP contribution in [0.5, 0.6) is 11.5 Å². The summed E-state index contributed by atoms with van der Waals surface area (Å²) in [6.07, 6.45) is 0. The Bertz CT molecular complexity index is 797. The smallest absolute Gasteiger partial charge is 0.348 e. The van der Waals surface area contributed by atoms with Gasteiger partial charge >= 0.3 is 5.97 Å². The van der Waals surface area contributed by atoms with Crippen LogP contribution in [0.3, 0.4) is 0 Å². The Morgan fingerprint density at radius 3 is 2.54 bits per heavy atom. The van der Waals surface area contributed by atoms with Crippen molar-refractivity contribution >= 4 is 23.2 Å². The lowest BCUT2D eigenvalue weighted by Gasteiger charge is -2.18. The van der Waals surface area contributed by atoms with Crippen molar-refractivity contribution in [1.29, 1.82) is 0 Å². The minimum Gasteiger partial charge on any atom is -0.486 e. The number of nitrogens with zero attached hydrogens (tertiary/aromatic N) is 1. The van der Waals surface area contributed by atoms with Crippen molar-refractivity contribution in [2.45, 2.75) is 13.8 Å². The Morgan fingerprint density at radius 2 is 1.81 bits per heavy atom. The van der Waals surface area contributed by atoms with Gasteiger partial charge in [0.15, 0.2) is 18.1 Å². The lowest BCUT2D eigenvalue weighted by atomic mass is 10.1. The molecule has 1 aliphatic rings. The number of carbonyl (C=O) groups excluding carboxylic acids is 2. The molecule has 0 saturated carbocycles. The highest BCUT2D eigenvalue weighted by Crippen LogP contribution is 2.37. The molecule has 0 unspecified atom stereocenters. The first-order valence-corrected chi connectivity index (χ1v) is 9.38. The molecule has 6 nitrogen and oxygen atoms in total. The Balaban J connectivity index is 1.66. The van der Waals surface area contributed by atoms with Crippen molar-refractivity contribution in [3.05, 3.63) is 35.2 Å². The van der Waals surface area contributed by atoms with E-state index in [0.717, 1.165) is 16.2 Å². The van der Waals surface area contributed by atoms with Crippen molar-refractivity contribution in [3.8, 4) is 21.9 Å². The van der Waals surface area contributed by atoms with E-state index in [1.165, 1.54) is 11.3 Å². The van der Waals surface area contributed by atoms with Crippen LogP contribution in [-0.2, 0) is 9.53 Å². The second-order valence-electron chi connectivity index (χ2n) is 5.66. The fraction of sp³-hybridized carbons (Fsp3) is 0.368. The van der Waals surface area contributed by atoms with Gasteiger partial charge in [-0.1, -0.05) is 0 Å². The first-order chi connectivity index (χ1) is 12.6. The molecule has 26 heavy (non-hydrogen) atoms. The highest BCUT2D eigenvalue weighted by Gasteiger charge is 2.17. The zero-order valence-corrected chi connectivity index (χ0v) is 15.6. The number of hydrogen-bond donors (Lipinski definition) is 0. The number of hydrogen-bond acceptors (Lipinski definition) is 6. The van der Waals surface area contributed by atoms with Crippen LogP contribution in [0.4, 0.5) is 0 Å². The minimum absolute atomic E-state index is 0.188. The van der Waals surface area contributed by atoms with Crippen molar-refractivity contribution < 1.29 is 23.8 Å². The average molecular weight is 375 g/mol. The van der Waals surface area contributed by atoms with Crippen LogP contribution in [0, 0.1) is 0 Å². The summed E-state index contributed by atoms with van der Waals surface area (Å²) >= 11 is 1.32. The number of carbonyl (C=O) groups is 2. The lowest BCUT2D eigenvalue weighted by Crippen LogP contribution is -2.34. The van der Waals surface area contributed by atoms with E-state index in [-0.39, 0.29) is 12.5 Å². The molecule has 1 aromatic carbocycles. The summed E-state index contributed by atoms with van der Waals surface area (Å²) < 4.78 is 16.3. The molecule has 7 heteroatoms. The Kier molecular flexibility index (Phi) is 5.78.